The molecule has 0 atom stereocenters. The quantitative estimate of drug-likeness (QED) is 0.101. The normalized spacial score (nSPS) is 15.7. The van der Waals surface area contributed by atoms with Gasteiger partial charge in [0.05, 0.1) is 0 Å². The molecule has 0 heterocycles. The molecule has 1 aliphatic carbocycles. The Morgan fingerprint density at radius 2 is 0.537 bits per heavy atom. The van der Waals surface area contributed by atoms with Gasteiger partial charge in [0, 0.05) is 19.5 Å². The van der Waals surface area contributed by atoms with Gasteiger partial charge in [-0.1, -0.05) is 0 Å². The van der Waals surface area contributed by atoms with E-state index >= 15 is 0 Å². The van der Waals surface area contributed by atoms with Gasteiger partial charge < -0.3 is 0 Å². The summed E-state index contributed by atoms with van der Waals surface area (Å²) in [6.45, 7) is 0. The van der Waals surface area contributed by atoms with E-state index in [0.717, 1.165) is 0 Å². The van der Waals surface area contributed by atoms with Gasteiger partial charge in [-0.15, -0.1) is 0 Å². The van der Waals surface area contributed by atoms with Gasteiger partial charge in [0.2, 0.25) is 0 Å². The van der Waals surface area contributed by atoms with E-state index in [-0.39, 0.29) is 19.5 Å². The molecule has 0 aliphatic heterocycles. The summed E-state index contributed by atoms with van der Waals surface area (Å²) < 4.78 is 0. The molecule has 0 unspecified atom stereocenters. The van der Waals surface area contributed by atoms with Gasteiger partial charge in [-0.25, -0.2) is 0 Å². The second-order valence-corrected chi connectivity index (χ2v) is 22.5. The number of fused-ring (bicyclic) bond motifs is 1. The fourth-order valence-corrected chi connectivity index (χ4v) is 25.4. The van der Waals surface area contributed by atoms with Crippen molar-refractivity contribution in [1.29, 1.82) is 0 Å². The number of allylic oxidation sites excluding steroid dienone is 1. The third-order valence-electron chi connectivity index (χ3n) is 11.5. The molecule has 0 saturated heterocycles. The molecule has 8 aromatic carbocycles. The molecular formula is C51H42P2Ru. The van der Waals surface area contributed by atoms with Crippen LogP contribution in [0.2, 0.25) is 0 Å². The maximum absolute atomic E-state index is 3.27. The first-order valence-electron chi connectivity index (χ1n) is 18.5. The number of rotatable bonds is 9. The molecule has 0 amide bonds. The van der Waals surface area contributed by atoms with Crippen LogP contribution < -0.4 is 31.8 Å². The minimum absolute atomic E-state index is 0. The molecule has 264 valence electrons. The molecule has 0 radical (unpaired) electrons. The first kappa shape index (κ1) is 36.0. The predicted molar refractivity (Wildman–Crippen MR) is 235 cm³/mol. The molecule has 0 spiro atoms. The predicted octanol–water partition coefficient (Wildman–Crippen LogP) is 9.73. The van der Waals surface area contributed by atoms with Crippen LogP contribution in [-0.4, -0.2) is 0 Å². The van der Waals surface area contributed by atoms with Crippen molar-refractivity contribution < 1.29 is 19.5 Å². The van der Waals surface area contributed by atoms with Crippen molar-refractivity contribution in [2.24, 2.45) is 0 Å². The maximum Gasteiger partial charge on any atom is 0 e. The summed E-state index contributed by atoms with van der Waals surface area (Å²) in [5.41, 5.74) is 5.28. The summed E-state index contributed by atoms with van der Waals surface area (Å²) in [5.74, 6) is 0. The topological polar surface area (TPSA) is 0 Å². The molecular weight excluding hydrogens is 776 g/mol. The van der Waals surface area contributed by atoms with Crippen molar-refractivity contribution in [2.75, 3.05) is 0 Å². The van der Waals surface area contributed by atoms with Crippen LogP contribution in [0.25, 0.3) is 5.57 Å². The van der Waals surface area contributed by atoms with Crippen LogP contribution in [0.1, 0.15) is 16.7 Å². The molecule has 0 N–H and O–H groups in total. The van der Waals surface area contributed by atoms with Crippen LogP contribution in [0.5, 0.6) is 0 Å². The molecule has 0 aromatic heterocycles. The second kappa shape index (κ2) is 15.4. The van der Waals surface area contributed by atoms with Crippen LogP contribution in [0, 0.1) is 0 Å². The molecule has 8 aromatic rings. The Kier molecular flexibility index (Phi) is 10.2. The van der Waals surface area contributed by atoms with E-state index in [2.05, 4.69) is 243 Å². The average molecular weight is 818 g/mol. The van der Waals surface area contributed by atoms with Crippen molar-refractivity contribution in [3.8, 4) is 0 Å². The molecule has 1 aliphatic rings. The summed E-state index contributed by atoms with van der Waals surface area (Å²) in [6.07, 6.45) is 2.80. The smallest absolute Gasteiger partial charge is 0 e. The molecule has 0 nitrogen and oxygen atoms in total. The van der Waals surface area contributed by atoms with E-state index in [1.807, 2.05) is 0 Å². The SMILES string of the molecule is C1=C(c2ccccc2)c2ccccc2C1([PH](c1ccccc1)(c1ccccc1)c1ccccc1)[PH](c1ccccc1)(c1ccccc1)c1ccccc1.[Ru]. The monoisotopic (exact) mass is 818 g/mol. The van der Waals surface area contributed by atoms with Crippen molar-refractivity contribution >= 4 is 51.9 Å². The van der Waals surface area contributed by atoms with Gasteiger partial charge in [0.25, 0.3) is 0 Å². The van der Waals surface area contributed by atoms with Crippen LogP contribution >= 0.6 is 14.5 Å². The summed E-state index contributed by atoms with van der Waals surface area (Å²) in [7, 11) is -6.53. The van der Waals surface area contributed by atoms with E-state index in [4.69, 9.17) is 0 Å². The van der Waals surface area contributed by atoms with Crippen molar-refractivity contribution in [3.05, 3.63) is 259 Å². The molecule has 9 rings (SSSR count). The van der Waals surface area contributed by atoms with Gasteiger partial charge >= 0.3 is 316 Å². The molecule has 0 bridgehead atoms. The van der Waals surface area contributed by atoms with Crippen LogP contribution in [0.4, 0.5) is 0 Å². The standard InChI is InChI=1S/C51H42P2.Ru/c1-8-24-41(25-9-1)49-40-51(50-39-23-22-38-48(49)50,52(42-26-10-2-11-27-42,43-28-12-3-13-29-43)44-30-14-4-15-31-44)53(45-32-16-5-17-33-45,46-34-18-6-19-35-46)47-36-20-7-21-37-47;/h1-40,52-53H;. The van der Waals surface area contributed by atoms with Crippen molar-refractivity contribution in [3.63, 3.8) is 0 Å². The molecule has 54 heavy (non-hydrogen) atoms. The number of hydrogen-bond acceptors (Lipinski definition) is 0. The van der Waals surface area contributed by atoms with Gasteiger partial charge in [-0.05, 0) is 0 Å². The van der Waals surface area contributed by atoms with E-state index < -0.39 is 19.4 Å². The van der Waals surface area contributed by atoms with Gasteiger partial charge in [0.1, 0.15) is 0 Å². The summed E-state index contributed by atoms with van der Waals surface area (Å²) in [5, 5.41) is 8.40. The average Bonchev–Trinajstić information content (AvgIpc) is 3.60. The Morgan fingerprint density at radius 3 is 0.852 bits per heavy atom. The fraction of sp³-hybridized carbons (Fsp3) is 0.0196. The molecule has 3 heteroatoms. The Bertz CT molecular complexity index is 2150. The van der Waals surface area contributed by atoms with Crippen LogP contribution in [0.3, 0.4) is 0 Å². The first-order chi connectivity index (χ1) is 26.3. The van der Waals surface area contributed by atoms with Crippen LogP contribution in [-0.2, 0) is 24.4 Å². The third-order valence-corrected chi connectivity index (χ3v) is 24.2. The number of hydrogen-bond donors (Lipinski definition) is 0. The Hall–Kier alpha value is -5.02. The maximum atomic E-state index is 2.80. The van der Waals surface area contributed by atoms with Crippen molar-refractivity contribution in [1.82, 2.24) is 0 Å². The van der Waals surface area contributed by atoms with E-state index in [9.17, 15) is 0 Å². The first-order valence-corrected chi connectivity index (χ1v) is 22.5. The third kappa shape index (κ3) is 5.45. The summed E-state index contributed by atoms with van der Waals surface area (Å²) in [6, 6.07) is 89.9. The molecule has 0 saturated carbocycles. The summed E-state index contributed by atoms with van der Waals surface area (Å²) >= 11 is 0. The Balaban J connectivity index is 0.00000413. The van der Waals surface area contributed by atoms with E-state index in [1.165, 1.54) is 54.1 Å². The van der Waals surface area contributed by atoms with Gasteiger partial charge in [-0.3, -0.25) is 0 Å². The Morgan fingerprint density at radius 1 is 0.278 bits per heavy atom. The minimum Gasteiger partial charge on any atom is 0 e. The van der Waals surface area contributed by atoms with Gasteiger partial charge in [-0.2, -0.15) is 0 Å². The minimum atomic E-state index is -3.27. The van der Waals surface area contributed by atoms with Gasteiger partial charge in [0.15, 0.2) is 0 Å². The zero-order chi connectivity index (χ0) is 35.6. The van der Waals surface area contributed by atoms with E-state index in [0.29, 0.717) is 0 Å². The largest absolute Gasteiger partial charge is 0 e. The van der Waals surface area contributed by atoms with Crippen molar-refractivity contribution in [2.45, 2.75) is 4.90 Å². The zero-order valence-electron chi connectivity index (χ0n) is 29.9. The zero-order valence-corrected chi connectivity index (χ0v) is 33.7. The molecule has 0 fully saturated rings. The Labute approximate surface area is 333 Å². The van der Waals surface area contributed by atoms with Crippen LogP contribution in [0.15, 0.2) is 243 Å². The summed E-state index contributed by atoms with van der Waals surface area (Å²) in [4.78, 5) is -0.532. The fourth-order valence-electron chi connectivity index (χ4n) is 9.69. The second-order valence-electron chi connectivity index (χ2n) is 14.0. The number of benzene rings is 8. The van der Waals surface area contributed by atoms with E-state index in [1.54, 1.807) is 0 Å².